The highest BCUT2D eigenvalue weighted by atomic mass is 16.2. The van der Waals surface area contributed by atoms with Crippen LogP contribution in [0.5, 0.6) is 0 Å². The van der Waals surface area contributed by atoms with Crippen LogP contribution < -0.4 is 4.90 Å². The lowest BCUT2D eigenvalue weighted by molar-refractivity contribution is 0.0955. The van der Waals surface area contributed by atoms with Gasteiger partial charge in [-0.25, -0.2) is 0 Å². The van der Waals surface area contributed by atoms with Gasteiger partial charge in [-0.2, -0.15) is 5.26 Å². The average molecular weight is 290 g/mol. The second-order valence-corrected chi connectivity index (χ2v) is 5.29. The first-order valence-corrected chi connectivity index (χ1v) is 7.06. The number of nitrogens with zero attached hydrogens (tertiary/aromatic N) is 2. The van der Waals surface area contributed by atoms with E-state index in [1.54, 1.807) is 35.2 Å². The summed E-state index contributed by atoms with van der Waals surface area (Å²) in [6.45, 7) is 2.26. The molecule has 2 aromatic carbocycles. The van der Waals surface area contributed by atoms with E-state index >= 15 is 0 Å². The van der Waals surface area contributed by atoms with Crippen LogP contribution in [-0.4, -0.2) is 18.2 Å². The smallest absolute Gasteiger partial charge is 0.258 e. The summed E-state index contributed by atoms with van der Waals surface area (Å²) in [6.07, 6.45) is 0.320. The zero-order valence-electron chi connectivity index (χ0n) is 12.2. The molecule has 2 aromatic rings. The fourth-order valence-corrected chi connectivity index (χ4v) is 2.78. The molecule has 0 saturated heterocycles. The third kappa shape index (κ3) is 2.27. The van der Waals surface area contributed by atoms with E-state index in [1.807, 2.05) is 25.1 Å². The van der Waals surface area contributed by atoms with Gasteiger partial charge in [-0.05, 0) is 36.8 Å². The van der Waals surface area contributed by atoms with Crippen molar-refractivity contribution in [2.45, 2.75) is 13.3 Å². The van der Waals surface area contributed by atoms with Crippen molar-refractivity contribution >= 4 is 17.4 Å². The predicted molar refractivity (Wildman–Crippen MR) is 83.0 cm³/mol. The summed E-state index contributed by atoms with van der Waals surface area (Å²) in [7, 11) is 0. The van der Waals surface area contributed by atoms with Crippen LogP contribution in [0, 0.1) is 18.3 Å². The maximum Gasteiger partial charge on any atom is 0.258 e. The molecule has 108 valence electrons. The molecule has 0 fully saturated rings. The lowest BCUT2D eigenvalue weighted by Gasteiger charge is -2.30. The predicted octanol–water partition coefficient (Wildman–Crippen LogP) is 3.10. The van der Waals surface area contributed by atoms with E-state index in [0.29, 0.717) is 35.3 Å². The number of benzene rings is 2. The van der Waals surface area contributed by atoms with E-state index in [-0.39, 0.29) is 11.7 Å². The molecular weight excluding hydrogens is 276 g/mol. The molecule has 4 nitrogen and oxygen atoms in total. The van der Waals surface area contributed by atoms with Crippen LogP contribution in [0.2, 0.25) is 0 Å². The maximum absolute atomic E-state index is 12.8. The van der Waals surface area contributed by atoms with Gasteiger partial charge < -0.3 is 4.90 Å². The Morgan fingerprint density at radius 3 is 2.77 bits per heavy atom. The van der Waals surface area contributed by atoms with Gasteiger partial charge in [0.25, 0.3) is 5.91 Å². The summed E-state index contributed by atoms with van der Waals surface area (Å²) < 4.78 is 0. The fourth-order valence-electron chi connectivity index (χ4n) is 2.78. The van der Waals surface area contributed by atoms with Crippen LogP contribution in [0.4, 0.5) is 5.69 Å². The van der Waals surface area contributed by atoms with Gasteiger partial charge >= 0.3 is 0 Å². The molecule has 0 radical (unpaired) electrons. The third-order valence-electron chi connectivity index (χ3n) is 3.85. The van der Waals surface area contributed by atoms with Gasteiger partial charge in [-0.3, -0.25) is 9.59 Å². The molecule has 0 spiro atoms. The highest BCUT2D eigenvalue weighted by Gasteiger charge is 2.29. The van der Waals surface area contributed by atoms with E-state index in [9.17, 15) is 9.59 Å². The number of nitriles is 1. The molecule has 0 aliphatic carbocycles. The zero-order valence-corrected chi connectivity index (χ0v) is 12.2. The molecule has 0 saturated carbocycles. The number of hydrogen-bond donors (Lipinski definition) is 0. The van der Waals surface area contributed by atoms with E-state index in [1.165, 1.54) is 0 Å². The average Bonchev–Trinajstić information content (AvgIpc) is 2.55. The van der Waals surface area contributed by atoms with Gasteiger partial charge in [0, 0.05) is 24.1 Å². The van der Waals surface area contributed by atoms with Crippen molar-refractivity contribution < 1.29 is 9.59 Å². The zero-order chi connectivity index (χ0) is 15.7. The first-order chi connectivity index (χ1) is 10.6. The van der Waals surface area contributed by atoms with Gasteiger partial charge in [0.2, 0.25) is 0 Å². The van der Waals surface area contributed by atoms with Crippen LogP contribution in [0.1, 0.15) is 38.3 Å². The highest BCUT2D eigenvalue weighted by molar-refractivity contribution is 6.14. The van der Waals surface area contributed by atoms with Crippen LogP contribution >= 0.6 is 0 Å². The van der Waals surface area contributed by atoms with E-state index in [4.69, 9.17) is 5.26 Å². The number of rotatable bonds is 1. The van der Waals surface area contributed by atoms with Gasteiger partial charge in [0.05, 0.1) is 17.3 Å². The Labute approximate surface area is 128 Å². The Kier molecular flexibility index (Phi) is 3.48. The minimum Gasteiger partial charge on any atom is -0.307 e. The number of anilines is 1. The number of amides is 1. The molecule has 1 amide bonds. The van der Waals surface area contributed by atoms with Gasteiger partial charge in [-0.1, -0.05) is 18.2 Å². The summed E-state index contributed by atoms with van der Waals surface area (Å²) in [5, 5.41) is 8.97. The topological polar surface area (TPSA) is 61.2 Å². The monoisotopic (exact) mass is 290 g/mol. The Hall–Kier alpha value is -2.93. The molecule has 1 aliphatic heterocycles. The summed E-state index contributed by atoms with van der Waals surface area (Å²) in [5.41, 5.74) is 3.09. The van der Waals surface area contributed by atoms with Crippen LogP contribution in [0.15, 0.2) is 42.5 Å². The van der Waals surface area contributed by atoms with Crippen molar-refractivity contribution in [3.8, 4) is 6.07 Å². The van der Waals surface area contributed by atoms with E-state index < -0.39 is 0 Å². The van der Waals surface area contributed by atoms with Gasteiger partial charge in [-0.15, -0.1) is 0 Å². The number of fused-ring (bicyclic) bond motifs is 1. The summed E-state index contributed by atoms with van der Waals surface area (Å²) in [4.78, 5) is 26.5. The Morgan fingerprint density at radius 2 is 2.00 bits per heavy atom. The van der Waals surface area contributed by atoms with Crippen LogP contribution in [-0.2, 0) is 0 Å². The van der Waals surface area contributed by atoms with E-state index in [0.717, 1.165) is 5.56 Å². The number of hydrogen-bond acceptors (Lipinski definition) is 3. The highest BCUT2D eigenvalue weighted by Crippen LogP contribution is 2.31. The van der Waals surface area contributed by atoms with Crippen molar-refractivity contribution in [3.63, 3.8) is 0 Å². The molecule has 0 atom stereocenters. The largest absolute Gasteiger partial charge is 0.307 e. The number of aryl methyl sites for hydroxylation is 1. The standard InChI is InChI=1S/C18H14N2O2/c1-12-4-2-7-15-16(21)8-9-20(17(12)15)18(22)14-6-3-5-13(10-14)11-19/h2-7,10H,8-9H2,1H3. The molecule has 0 N–H and O–H groups in total. The number of carbonyl (C=O) groups is 2. The Bertz CT molecular complexity index is 818. The van der Waals surface area contributed by atoms with Gasteiger partial charge in [0.1, 0.15) is 0 Å². The maximum atomic E-state index is 12.8. The number of Topliss-reactive ketones (excluding diaryl/α,β-unsaturated/α-hetero) is 1. The fraction of sp³-hybridized carbons (Fsp3) is 0.167. The molecule has 3 rings (SSSR count). The Balaban J connectivity index is 2.07. The van der Waals surface area contributed by atoms with Crippen molar-refractivity contribution in [2.75, 3.05) is 11.4 Å². The molecule has 0 unspecified atom stereocenters. The molecule has 1 aliphatic rings. The molecule has 22 heavy (non-hydrogen) atoms. The SMILES string of the molecule is Cc1cccc2c1N(C(=O)c1cccc(C#N)c1)CCC2=O. The molecular formula is C18H14N2O2. The van der Waals surface area contributed by atoms with Gasteiger partial charge in [0.15, 0.2) is 5.78 Å². The Morgan fingerprint density at radius 1 is 1.23 bits per heavy atom. The molecule has 1 heterocycles. The second kappa shape index (κ2) is 5.45. The lowest BCUT2D eigenvalue weighted by atomic mass is 9.96. The molecule has 0 aromatic heterocycles. The first kappa shape index (κ1) is 14.0. The molecule has 0 bridgehead atoms. The molecule has 4 heteroatoms. The van der Waals surface area contributed by atoms with Crippen LogP contribution in [0.3, 0.4) is 0 Å². The van der Waals surface area contributed by atoms with Crippen molar-refractivity contribution in [2.24, 2.45) is 0 Å². The van der Waals surface area contributed by atoms with Crippen molar-refractivity contribution in [1.82, 2.24) is 0 Å². The van der Waals surface area contributed by atoms with Crippen LogP contribution in [0.25, 0.3) is 0 Å². The summed E-state index contributed by atoms with van der Waals surface area (Å²) in [5.74, 6) is -0.117. The van der Waals surface area contributed by atoms with E-state index in [2.05, 4.69) is 0 Å². The number of para-hydroxylation sites is 1. The minimum atomic E-state index is -0.180. The number of ketones is 1. The minimum absolute atomic E-state index is 0.0634. The van der Waals surface area contributed by atoms with Crippen molar-refractivity contribution in [3.05, 3.63) is 64.7 Å². The number of carbonyl (C=O) groups excluding carboxylic acids is 2. The van der Waals surface area contributed by atoms with Crippen molar-refractivity contribution in [1.29, 1.82) is 5.26 Å². The lowest BCUT2D eigenvalue weighted by Crippen LogP contribution is -2.38. The summed E-state index contributed by atoms with van der Waals surface area (Å²) >= 11 is 0. The quantitative estimate of drug-likeness (QED) is 0.810. The third-order valence-corrected chi connectivity index (χ3v) is 3.85. The first-order valence-electron chi connectivity index (χ1n) is 7.06. The normalized spacial score (nSPS) is 13.5. The second-order valence-electron chi connectivity index (χ2n) is 5.29. The summed E-state index contributed by atoms with van der Waals surface area (Å²) in [6, 6.07) is 14.1.